The van der Waals surface area contributed by atoms with E-state index in [2.05, 4.69) is 12.6 Å². The molecule has 1 aromatic rings. The summed E-state index contributed by atoms with van der Waals surface area (Å²) in [6, 6.07) is 7.97. The average molecular weight is 258 g/mol. The first-order chi connectivity index (χ1) is 9.16. The third-order valence-corrected chi connectivity index (χ3v) is 3.74. The van der Waals surface area contributed by atoms with Crippen LogP contribution in [0.25, 0.3) is 0 Å². The fourth-order valence-electron chi connectivity index (χ4n) is 2.64. The molecule has 0 atom stereocenters. The molecule has 0 aromatic heterocycles. The second-order valence-electron chi connectivity index (χ2n) is 5.43. The molecule has 1 saturated carbocycles. The molecule has 0 radical (unpaired) electrons. The first-order valence-electron chi connectivity index (χ1n) is 7.14. The van der Waals surface area contributed by atoms with E-state index in [-0.39, 0.29) is 5.97 Å². The summed E-state index contributed by atoms with van der Waals surface area (Å²) in [5, 5.41) is 0. The number of benzene rings is 1. The summed E-state index contributed by atoms with van der Waals surface area (Å²) in [5.74, 6) is 0.902. The molecule has 0 saturated heterocycles. The van der Waals surface area contributed by atoms with Crippen LogP contribution in [0.4, 0.5) is 0 Å². The molecule has 0 bridgehead atoms. The van der Waals surface area contributed by atoms with E-state index in [1.807, 2.05) is 18.2 Å². The van der Waals surface area contributed by atoms with Gasteiger partial charge in [0, 0.05) is 5.57 Å². The molecule has 1 fully saturated rings. The van der Waals surface area contributed by atoms with Crippen LogP contribution in [0.2, 0.25) is 0 Å². The molecule has 2 heteroatoms. The zero-order valence-electron chi connectivity index (χ0n) is 11.7. The van der Waals surface area contributed by atoms with E-state index in [1.54, 1.807) is 6.92 Å². The minimum Gasteiger partial charge on any atom is -0.423 e. The molecule has 0 heterocycles. The van der Waals surface area contributed by atoms with Crippen molar-refractivity contribution in [2.45, 2.75) is 51.4 Å². The van der Waals surface area contributed by atoms with Crippen LogP contribution in [-0.2, 0) is 4.79 Å². The Labute approximate surface area is 115 Å². The first kappa shape index (κ1) is 13.9. The van der Waals surface area contributed by atoms with Gasteiger partial charge in [0.2, 0.25) is 0 Å². The Balaban J connectivity index is 2.09. The summed E-state index contributed by atoms with van der Waals surface area (Å²) in [5.41, 5.74) is 1.73. The zero-order valence-corrected chi connectivity index (χ0v) is 11.7. The highest BCUT2D eigenvalue weighted by Gasteiger charge is 2.15. The third kappa shape index (κ3) is 3.95. The number of hydrogen-bond donors (Lipinski definition) is 0. The molecule has 1 aliphatic rings. The summed E-state index contributed by atoms with van der Waals surface area (Å²) >= 11 is 0. The second-order valence-corrected chi connectivity index (χ2v) is 5.43. The number of carbonyl (C=O) groups is 1. The number of hydrogen-bond acceptors (Lipinski definition) is 2. The largest absolute Gasteiger partial charge is 0.423 e. The smallest absolute Gasteiger partial charge is 0.338 e. The predicted molar refractivity (Wildman–Crippen MR) is 77.3 cm³/mol. The number of esters is 1. The van der Waals surface area contributed by atoms with Crippen LogP contribution in [0.15, 0.2) is 36.4 Å². The summed E-state index contributed by atoms with van der Waals surface area (Å²) in [7, 11) is 0. The summed E-state index contributed by atoms with van der Waals surface area (Å²) in [6.45, 7) is 5.27. The highest BCUT2D eigenvalue weighted by molar-refractivity contribution is 5.88. The lowest BCUT2D eigenvalue weighted by molar-refractivity contribution is -0.130. The van der Waals surface area contributed by atoms with E-state index in [9.17, 15) is 4.79 Å². The lowest BCUT2D eigenvalue weighted by atomic mass is 9.92. The quantitative estimate of drug-likeness (QED) is 0.342. The van der Waals surface area contributed by atoms with Crippen molar-refractivity contribution in [3.8, 4) is 5.75 Å². The molecule has 0 amide bonds. The number of carbonyl (C=O) groups excluding carboxylic acids is 1. The van der Waals surface area contributed by atoms with Crippen LogP contribution in [0.1, 0.15) is 56.9 Å². The van der Waals surface area contributed by atoms with Crippen LogP contribution in [0.5, 0.6) is 5.75 Å². The maximum atomic E-state index is 11.5. The number of rotatable bonds is 3. The highest BCUT2D eigenvalue weighted by Crippen LogP contribution is 2.33. The van der Waals surface area contributed by atoms with E-state index in [0.717, 1.165) is 0 Å². The van der Waals surface area contributed by atoms with Gasteiger partial charge in [-0.1, -0.05) is 44.4 Å². The van der Waals surface area contributed by atoms with E-state index in [1.165, 1.54) is 44.1 Å². The van der Waals surface area contributed by atoms with E-state index >= 15 is 0 Å². The fourth-order valence-corrected chi connectivity index (χ4v) is 2.64. The Bertz CT molecular complexity index is 454. The predicted octanol–water partition coefficient (Wildman–Crippen LogP) is 4.61. The van der Waals surface area contributed by atoms with Gasteiger partial charge in [0.25, 0.3) is 0 Å². The maximum Gasteiger partial charge on any atom is 0.338 e. The topological polar surface area (TPSA) is 26.3 Å². The van der Waals surface area contributed by atoms with Gasteiger partial charge in [-0.2, -0.15) is 0 Å². The van der Waals surface area contributed by atoms with Gasteiger partial charge in [0.15, 0.2) is 0 Å². The molecular formula is C17H22O2. The van der Waals surface area contributed by atoms with Crippen molar-refractivity contribution in [2.24, 2.45) is 0 Å². The molecule has 1 aliphatic carbocycles. The molecule has 2 rings (SSSR count). The fraction of sp³-hybridized carbons (Fsp3) is 0.471. The minimum absolute atomic E-state index is 0.349. The van der Waals surface area contributed by atoms with Gasteiger partial charge >= 0.3 is 5.97 Å². The van der Waals surface area contributed by atoms with E-state index < -0.39 is 0 Å². The van der Waals surface area contributed by atoms with Gasteiger partial charge in [-0.25, -0.2) is 4.79 Å². The molecule has 0 spiro atoms. The highest BCUT2D eigenvalue weighted by atomic mass is 16.5. The first-order valence-corrected chi connectivity index (χ1v) is 7.14. The van der Waals surface area contributed by atoms with Gasteiger partial charge in [0.1, 0.15) is 5.75 Å². The van der Waals surface area contributed by atoms with Gasteiger partial charge in [-0.15, -0.1) is 0 Å². The van der Waals surface area contributed by atoms with Gasteiger partial charge in [-0.3, -0.25) is 0 Å². The number of ether oxygens (including phenoxy) is 1. The van der Waals surface area contributed by atoms with Crippen molar-refractivity contribution in [3.05, 3.63) is 42.0 Å². The van der Waals surface area contributed by atoms with E-state index in [0.29, 0.717) is 17.2 Å². The maximum absolute atomic E-state index is 11.5. The Kier molecular flexibility index (Phi) is 4.78. The average Bonchev–Trinajstić information content (AvgIpc) is 2.67. The SMILES string of the molecule is C=C(C)C(=O)Oc1cccc(C2CCCCCC2)c1. The van der Waals surface area contributed by atoms with Crippen molar-refractivity contribution < 1.29 is 9.53 Å². The Morgan fingerprint density at radius 3 is 2.53 bits per heavy atom. The minimum atomic E-state index is -0.349. The molecule has 2 nitrogen and oxygen atoms in total. The Morgan fingerprint density at radius 2 is 1.89 bits per heavy atom. The third-order valence-electron chi connectivity index (χ3n) is 3.74. The molecule has 0 N–H and O–H groups in total. The van der Waals surface area contributed by atoms with Crippen molar-refractivity contribution in [1.82, 2.24) is 0 Å². The normalized spacial score (nSPS) is 16.7. The van der Waals surface area contributed by atoms with Crippen molar-refractivity contribution in [3.63, 3.8) is 0 Å². The Morgan fingerprint density at radius 1 is 1.21 bits per heavy atom. The van der Waals surface area contributed by atoms with Crippen molar-refractivity contribution >= 4 is 5.97 Å². The van der Waals surface area contributed by atoms with E-state index in [4.69, 9.17) is 4.74 Å². The van der Waals surface area contributed by atoms with Crippen LogP contribution in [0.3, 0.4) is 0 Å². The van der Waals surface area contributed by atoms with Crippen molar-refractivity contribution in [2.75, 3.05) is 0 Å². The molecule has 0 unspecified atom stereocenters. The summed E-state index contributed by atoms with van der Waals surface area (Å²) < 4.78 is 5.30. The molecule has 0 aliphatic heterocycles. The van der Waals surface area contributed by atoms with Crippen LogP contribution in [-0.4, -0.2) is 5.97 Å². The summed E-state index contributed by atoms with van der Waals surface area (Å²) in [4.78, 5) is 11.5. The molecule has 102 valence electrons. The second kappa shape index (κ2) is 6.55. The van der Waals surface area contributed by atoms with Crippen LogP contribution >= 0.6 is 0 Å². The van der Waals surface area contributed by atoms with Crippen LogP contribution < -0.4 is 4.74 Å². The van der Waals surface area contributed by atoms with Gasteiger partial charge in [0.05, 0.1) is 0 Å². The lowest BCUT2D eigenvalue weighted by Crippen LogP contribution is -2.08. The molecular weight excluding hydrogens is 236 g/mol. The monoisotopic (exact) mass is 258 g/mol. The Hall–Kier alpha value is -1.57. The van der Waals surface area contributed by atoms with Gasteiger partial charge in [-0.05, 0) is 43.4 Å². The zero-order chi connectivity index (χ0) is 13.7. The van der Waals surface area contributed by atoms with Gasteiger partial charge < -0.3 is 4.74 Å². The lowest BCUT2D eigenvalue weighted by Gasteiger charge is -2.15. The standard InChI is InChI=1S/C17H22O2/c1-13(2)17(18)19-16-11-7-10-15(12-16)14-8-5-3-4-6-9-14/h7,10-12,14H,1,3-6,8-9H2,2H3. The summed E-state index contributed by atoms with van der Waals surface area (Å²) in [6.07, 6.45) is 7.80. The van der Waals surface area contributed by atoms with Crippen molar-refractivity contribution in [1.29, 1.82) is 0 Å². The molecule has 19 heavy (non-hydrogen) atoms. The van der Waals surface area contributed by atoms with Crippen LogP contribution in [0, 0.1) is 0 Å². The molecule has 1 aromatic carbocycles.